The monoisotopic (exact) mass is 280 g/mol. The van der Waals surface area contributed by atoms with Gasteiger partial charge in [-0.3, -0.25) is 9.69 Å². The number of benzene rings is 2. The third kappa shape index (κ3) is 2.98. The van der Waals surface area contributed by atoms with Gasteiger partial charge in [0.15, 0.2) is 5.78 Å². The summed E-state index contributed by atoms with van der Waals surface area (Å²) in [6, 6.07) is 14.0. The molecule has 0 spiro atoms. The lowest BCUT2D eigenvalue weighted by Gasteiger charge is -2.28. The van der Waals surface area contributed by atoms with Crippen molar-refractivity contribution in [1.29, 1.82) is 0 Å². The molecule has 0 bridgehead atoms. The highest BCUT2D eigenvalue weighted by molar-refractivity contribution is 5.98. The number of hydrogen-bond donors (Lipinski definition) is 1. The Balaban J connectivity index is 1.70. The van der Waals surface area contributed by atoms with E-state index in [2.05, 4.69) is 29.2 Å². The van der Waals surface area contributed by atoms with E-state index in [9.17, 15) is 4.79 Å². The third-order valence-electron chi connectivity index (χ3n) is 4.18. The van der Waals surface area contributed by atoms with Crippen molar-refractivity contribution < 1.29 is 4.79 Å². The molecule has 0 aliphatic carbocycles. The number of fused-ring (bicyclic) bond motifs is 1. The summed E-state index contributed by atoms with van der Waals surface area (Å²) in [7, 11) is 0. The Morgan fingerprint density at radius 1 is 1.19 bits per heavy atom. The fraction of sp³-hybridized carbons (Fsp3) is 0.278. The molecule has 1 heterocycles. The maximum atomic E-state index is 12.4. The average Bonchev–Trinajstić information content (AvgIpc) is 2.50. The normalized spacial score (nSPS) is 14.7. The zero-order valence-corrected chi connectivity index (χ0v) is 12.3. The second-order valence-electron chi connectivity index (χ2n) is 5.72. The highest BCUT2D eigenvalue weighted by atomic mass is 16.1. The van der Waals surface area contributed by atoms with Crippen LogP contribution in [-0.2, 0) is 13.0 Å². The Bertz CT molecular complexity index is 679. The molecule has 2 aromatic carbocycles. The van der Waals surface area contributed by atoms with Gasteiger partial charge in [0.2, 0.25) is 0 Å². The first kappa shape index (κ1) is 13.8. The molecule has 21 heavy (non-hydrogen) atoms. The fourth-order valence-corrected chi connectivity index (χ4v) is 2.80. The molecule has 0 amide bonds. The smallest absolute Gasteiger partial charge is 0.176 e. The molecule has 2 N–H and O–H groups in total. The van der Waals surface area contributed by atoms with Crippen molar-refractivity contribution in [2.24, 2.45) is 0 Å². The number of nitrogen functional groups attached to an aromatic ring is 1. The standard InChI is InChI=1S/C18H20N2O/c1-13-6-7-15(10-17(13)19)18(21)12-20-9-8-14-4-2-3-5-16(14)11-20/h2-7,10H,8-9,11-12,19H2,1H3. The van der Waals surface area contributed by atoms with Gasteiger partial charge in [-0.05, 0) is 36.1 Å². The summed E-state index contributed by atoms with van der Waals surface area (Å²) in [5, 5.41) is 0. The second kappa shape index (κ2) is 5.70. The van der Waals surface area contributed by atoms with Crippen LogP contribution in [0.15, 0.2) is 42.5 Å². The first-order valence-electron chi connectivity index (χ1n) is 7.32. The first-order chi connectivity index (χ1) is 10.1. The lowest BCUT2D eigenvalue weighted by atomic mass is 9.99. The van der Waals surface area contributed by atoms with E-state index in [0.29, 0.717) is 17.8 Å². The molecule has 0 saturated carbocycles. The summed E-state index contributed by atoms with van der Waals surface area (Å²) in [5.41, 5.74) is 11.0. The van der Waals surface area contributed by atoms with E-state index in [1.54, 1.807) is 6.07 Å². The number of carbonyl (C=O) groups excluding carboxylic acids is 1. The summed E-state index contributed by atoms with van der Waals surface area (Å²) < 4.78 is 0. The van der Waals surface area contributed by atoms with Gasteiger partial charge in [-0.25, -0.2) is 0 Å². The van der Waals surface area contributed by atoms with Crippen molar-refractivity contribution in [1.82, 2.24) is 4.90 Å². The van der Waals surface area contributed by atoms with Crippen LogP contribution >= 0.6 is 0 Å². The molecule has 1 aliphatic rings. The van der Waals surface area contributed by atoms with Gasteiger partial charge >= 0.3 is 0 Å². The molecule has 1 aliphatic heterocycles. The van der Waals surface area contributed by atoms with Crippen LogP contribution in [0.2, 0.25) is 0 Å². The Kier molecular flexibility index (Phi) is 3.76. The summed E-state index contributed by atoms with van der Waals surface area (Å²) in [4.78, 5) is 14.6. The summed E-state index contributed by atoms with van der Waals surface area (Å²) in [6.45, 7) is 4.19. The van der Waals surface area contributed by atoms with Gasteiger partial charge in [-0.15, -0.1) is 0 Å². The van der Waals surface area contributed by atoms with Crippen LogP contribution in [0.25, 0.3) is 0 Å². The Morgan fingerprint density at radius 2 is 1.95 bits per heavy atom. The van der Waals surface area contributed by atoms with E-state index >= 15 is 0 Å². The molecule has 3 rings (SSSR count). The number of anilines is 1. The van der Waals surface area contributed by atoms with Crippen molar-refractivity contribution in [3.05, 3.63) is 64.7 Å². The quantitative estimate of drug-likeness (QED) is 0.694. The van der Waals surface area contributed by atoms with Crippen LogP contribution in [0, 0.1) is 6.92 Å². The molecular weight excluding hydrogens is 260 g/mol. The van der Waals surface area contributed by atoms with Crippen LogP contribution in [0.5, 0.6) is 0 Å². The van der Waals surface area contributed by atoms with Crippen LogP contribution in [0.1, 0.15) is 27.0 Å². The van der Waals surface area contributed by atoms with E-state index in [0.717, 1.165) is 25.1 Å². The molecule has 3 nitrogen and oxygen atoms in total. The average molecular weight is 280 g/mol. The maximum absolute atomic E-state index is 12.4. The molecule has 0 radical (unpaired) electrons. The number of aryl methyl sites for hydroxylation is 1. The topological polar surface area (TPSA) is 46.3 Å². The number of rotatable bonds is 3. The molecule has 3 heteroatoms. The third-order valence-corrected chi connectivity index (χ3v) is 4.18. The van der Waals surface area contributed by atoms with Crippen molar-refractivity contribution in [3.8, 4) is 0 Å². The minimum absolute atomic E-state index is 0.140. The Morgan fingerprint density at radius 3 is 2.71 bits per heavy atom. The van der Waals surface area contributed by atoms with E-state index in [1.807, 2.05) is 19.1 Å². The number of nitrogens with zero attached hydrogens (tertiary/aromatic N) is 1. The van der Waals surface area contributed by atoms with Crippen LogP contribution in [-0.4, -0.2) is 23.8 Å². The van der Waals surface area contributed by atoms with Gasteiger partial charge in [0, 0.05) is 24.3 Å². The highest BCUT2D eigenvalue weighted by Gasteiger charge is 2.18. The predicted octanol–water partition coefficient (Wildman–Crippen LogP) is 2.82. The van der Waals surface area contributed by atoms with E-state index < -0.39 is 0 Å². The lowest BCUT2D eigenvalue weighted by Crippen LogP contribution is -2.34. The van der Waals surface area contributed by atoms with Crippen LogP contribution < -0.4 is 5.73 Å². The predicted molar refractivity (Wildman–Crippen MR) is 85.3 cm³/mol. The second-order valence-corrected chi connectivity index (χ2v) is 5.72. The zero-order chi connectivity index (χ0) is 14.8. The fourth-order valence-electron chi connectivity index (χ4n) is 2.80. The lowest BCUT2D eigenvalue weighted by molar-refractivity contribution is 0.0921. The van der Waals surface area contributed by atoms with Crippen LogP contribution in [0.4, 0.5) is 5.69 Å². The van der Waals surface area contributed by atoms with Crippen LogP contribution in [0.3, 0.4) is 0 Å². The largest absolute Gasteiger partial charge is 0.398 e. The summed E-state index contributed by atoms with van der Waals surface area (Å²) in [5.74, 6) is 0.140. The molecule has 0 aromatic heterocycles. The van der Waals surface area contributed by atoms with Gasteiger partial charge < -0.3 is 5.73 Å². The first-order valence-corrected chi connectivity index (χ1v) is 7.32. The van der Waals surface area contributed by atoms with Gasteiger partial charge in [-0.2, -0.15) is 0 Å². The molecule has 0 atom stereocenters. The highest BCUT2D eigenvalue weighted by Crippen LogP contribution is 2.19. The van der Waals surface area contributed by atoms with E-state index in [4.69, 9.17) is 5.73 Å². The summed E-state index contributed by atoms with van der Waals surface area (Å²) >= 11 is 0. The van der Waals surface area contributed by atoms with Gasteiger partial charge in [0.1, 0.15) is 0 Å². The van der Waals surface area contributed by atoms with Crippen molar-refractivity contribution in [2.45, 2.75) is 19.9 Å². The van der Waals surface area contributed by atoms with E-state index in [-0.39, 0.29) is 5.78 Å². The van der Waals surface area contributed by atoms with Gasteiger partial charge in [0.25, 0.3) is 0 Å². The maximum Gasteiger partial charge on any atom is 0.176 e. The number of Topliss-reactive ketones (excluding diaryl/α,β-unsaturated/α-hetero) is 1. The van der Waals surface area contributed by atoms with Crippen molar-refractivity contribution in [3.63, 3.8) is 0 Å². The molecular formula is C18H20N2O. The van der Waals surface area contributed by atoms with E-state index in [1.165, 1.54) is 11.1 Å². The number of carbonyl (C=O) groups is 1. The Hall–Kier alpha value is -2.13. The SMILES string of the molecule is Cc1ccc(C(=O)CN2CCc3ccccc3C2)cc1N. The summed E-state index contributed by atoms with van der Waals surface area (Å²) in [6.07, 6.45) is 1.01. The number of ketones is 1. The molecule has 0 saturated heterocycles. The van der Waals surface area contributed by atoms with Gasteiger partial charge in [0.05, 0.1) is 6.54 Å². The molecule has 0 fully saturated rings. The Labute approximate surface area is 125 Å². The number of nitrogens with two attached hydrogens (primary N) is 1. The minimum Gasteiger partial charge on any atom is -0.398 e. The molecule has 108 valence electrons. The van der Waals surface area contributed by atoms with Crippen molar-refractivity contribution >= 4 is 11.5 Å². The van der Waals surface area contributed by atoms with Crippen molar-refractivity contribution in [2.75, 3.05) is 18.8 Å². The minimum atomic E-state index is 0.140. The zero-order valence-electron chi connectivity index (χ0n) is 12.3. The van der Waals surface area contributed by atoms with Gasteiger partial charge in [-0.1, -0.05) is 36.4 Å². The number of hydrogen-bond acceptors (Lipinski definition) is 3. The molecule has 0 unspecified atom stereocenters. The molecule has 2 aromatic rings.